The fraction of sp³-hybridized carbons (Fsp3) is 0.529. The van der Waals surface area contributed by atoms with Gasteiger partial charge in [-0.1, -0.05) is 6.92 Å². The number of carboxylic acid groups (broad SMARTS) is 1. The summed E-state index contributed by atoms with van der Waals surface area (Å²) in [5.74, 6) is -0.951. The van der Waals surface area contributed by atoms with E-state index in [2.05, 4.69) is 9.71 Å². The largest absolute Gasteiger partial charge is 0.496 e. The van der Waals surface area contributed by atoms with Crippen LogP contribution in [0.5, 0.6) is 5.75 Å². The lowest BCUT2D eigenvalue weighted by Crippen LogP contribution is -2.37. The van der Waals surface area contributed by atoms with Crippen molar-refractivity contribution in [1.29, 1.82) is 0 Å². The monoisotopic (exact) mass is 385 g/mol. The van der Waals surface area contributed by atoms with Crippen molar-refractivity contribution < 1.29 is 23.1 Å². The molecule has 0 unspecified atom stereocenters. The number of aliphatic imine (C=N–C) groups is 1. The van der Waals surface area contributed by atoms with Crippen LogP contribution in [0.3, 0.4) is 0 Å². The zero-order valence-corrected chi connectivity index (χ0v) is 16.6. The third kappa shape index (κ3) is 5.35. The van der Waals surface area contributed by atoms with E-state index in [1.54, 1.807) is 33.8 Å². The lowest BCUT2D eigenvalue weighted by atomic mass is 10.1. The SMILES string of the molecule is COc1cc(C)c(S(=O)(=O)NC(N)=NCCC[C@H](C)C(=O)O)c(C)c1C. The number of carboxylic acids is 1. The van der Waals surface area contributed by atoms with E-state index < -0.39 is 21.9 Å². The van der Waals surface area contributed by atoms with Gasteiger partial charge in [0.05, 0.1) is 17.9 Å². The molecule has 26 heavy (non-hydrogen) atoms. The molecule has 0 radical (unpaired) electrons. The van der Waals surface area contributed by atoms with E-state index in [0.717, 1.165) is 5.56 Å². The maximum absolute atomic E-state index is 12.7. The van der Waals surface area contributed by atoms with E-state index in [1.807, 2.05) is 0 Å². The van der Waals surface area contributed by atoms with Gasteiger partial charge in [0, 0.05) is 6.54 Å². The number of aryl methyl sites for hydroxylation is 1. The lowest BCUT2D eigenvalue weighted by molar-refractivity contribution is -0.141. The number of methoxy groups -OCH3 is 1. The molecule has 0 bridgehead atoms. The maximum atomic E-state index is 12.7. The Morgan fingerprint density at radius 2 is 1.96 bits per heavy atom. The number of benzene rings is 1. The number of aliphatic carboxylic acids is 1. The molecule has 8 nitrogen and oxygen atoms in total. The fourth-order valence-electron chi connectivity index (χ4n) is 2.59. The average Bonchev–Trinajstić information content (AvgIpc) is 2.53. The smallest absolute Gasteiger partial charge is 0.306 e. The summed E-state index contributed by atoms with van der Waals surface area (Å²) in [6, 6.07) is 1.66. The number of nitrogens with two attached hydrogens (primary N) is 1. The zero-order valence-electron chi connectivity index (χ0n) is 15.8. The van der Waals surface area contributed by atoms with Crippen LogP contribution in [0.2, 0.25) is 0 Å². The normalized spacial score (nSPS) is 13.3. The molecule has 1 rings (SSSR count). The molecule has 1 atom stereocenters. The molecule has 0 spiro atoms. The van der Waals surface area contributed by atoms with Crippen LogP contribution < -0.4 is 15.2 Å². The summed E-state index contributed by atoms with van der Waals surface area (Å²) in [7, 11) is -2.36. The van der Waals surface area contributed by atoms with Crippen LogP contribution in [0.1, 0.15) is 36.5 Å². The van der Waals surface area contributed by atoms with Crippen LogP contribution in [0, 0.1) is 26.7 Å². The van der Waals surface area contributed by atoms with E-state index in [0.29, 0.717) is 29.7 Å². The number of nitrogens with zero attached hydrogens (tertiary/aromatic N) is 1. The topological polar surface area (TPSA) is 131 Å². The number of hydrogen-bond donors (Lipinski definition) is 3. The quantitative estimate of drug-likeness (QED) is 0.355. The van der Waals surface area contributed by atoms with E-state index >= 15 is 0 Å². The van der Waals surface area contributed by atoms with Gasteiger partial charge in [-0.2, -0.15) is 0 Å². The molecular formula is C17H27N3O5S. The molecule has 146 valence electrons. The Morgan fingerprint density at radius 3 is 2.50 bits per heavy atom. The highest BCUT2D eigenvalue weighted by Crippen LogP contribution is 2.30. The lowest BCUT2D eigenvalue weighted by Gasteiger charge is -2.16. The Morgan fingerprint density at radius 1 is 1.35 bits per heavy atom. The summed E-state index contributed by atoms with van der Waals surface area (Å²) in [5, 5.41) is 8.82. The van der Waals surface area contributed by atoms with Crippen LogP contribution in [0.15, 0.2) is 16.0 Å². The van der Waals surface area contributed by atoms with Gasteiger partial charge in [-0.3, -0.25) is 9.79 Å². The molecule has 0 fully saturated rings. The van der Waals surface area contributed by atoms with Crippen molar-refractivity contribution >= 4 is 22.0 Å². The van der Waals surface area contributed by atoms with Crippen molar-refractivity contribution in [2.24, 2.45) is 16.6 Å². The minimum Gasteiger partial charge on any atom is -0.496 e. The molecule has 0 aliphatic rings. The summed E-state index contributed by atoms with van der Waals surface area (Å²) in [6.07, 6.45) is 0.935. The Balaban J connectivity index is 2.91. The van der Waals surface area contributed by atoms with Gasteiger partial charge >= 0.3 is 5.97 Å². The molecule has 0 aromatic heterocycles. The van der Waals surface area contributed by atoms with Crippen molar-refractivity contribution in [3.8, 4) is 5.75 Å². The van der Waals surface area contributed by atoms with Gasteiger partial charge < -0.3 is 15.6 Å². The van der Waals surface area contributed by atoms with Gasteiger partial charge in [0.25, 0.3) is 10.0 Å². The highest BCUT2D eigenvalue weighted by molar-refractivity contribution is 7.90. The van der Waals surface area contributed by atoms with Gasteiger partial charge in [-0.05, 0) is 56.4 Å². The van der Waals surface area contributed by atoms with Crippen molar-refractivity contribution in [2.75, 3.05) is 13.7 Å². The summed E-state index contributed by atoms with van der Waals surface area (Å²) >= 11 is 0. The van der Waals surface area contributed by atoms with Gasteiger partial charge in [0.15, 0.2) is 0 Å². The summed E-state index contributed by atoms with van der Waals surface area (Å²) in [5.41, 5.74) is 7.54. The molecular weight excluding hydrogens is 358 g/mol. The number of sulfonamides is 1. The Kier molecular flexibility index (Phi) is 7.43. The number of rotatable bonds is 8. The first-order chi connectivity index (χ1) is 12.0. The van der Waals surface area contributed by atoms with E-state index in [9.17, 15) is 13.2 Å². The Bertz CT molecular complexity index is 803. The molecule has 0 saturated heterocycles. The molecule has 4 N–H and O–H groups in total. The number of carbonyl (C=O) groups is 1. The molecule has 0 amide bonds. The summed E-state index contributed by atoms with van der Waals surface area (Å²) < 4.78 is 32.9. The second-order valence-corrected chi connectivity index (χ2v) is 7.85. The first kappa shape index (κ1) is 21.8. The van der Waals surface area contributed by atoms with Crippen molar-refractivity contribution in [3.63, 3.8) is 0 Å². The molecule has 0 heterocycles. The van der Waals surface area contributed by atoms with Crippen molar-refractivity contribution in [3.05, 3.63) is 22.8 Å². The van der Waals surface area contributed by atoms with E-state index in [-0.39, 0.29) is 17.4 Å². The van der Waals surface area contributed by atoms with Crippen LogP contribution in [-0.4, -0.2) is 39.1 Å². The predicted molar refractivity (Wildman–Crippen MR) is 100 cm³/mol. The predicted octanol–water partition coefficient (Wildman–Crippen LogP) is 1.71. The summed E-state index contributed by atoms with van der Waals surface area (Å²) in [6.45, 7) is 7.03. The Hall–Kier alpha value is -2.29. The number of guanidine groups is 1. The minimum absolute atomic E-state index is 0.147. The first-order valence-electron chi connectivity index (χ1n) is 8.21. The molecule has 1 aromatic rings. The standard InChI is InChI=1S/C17H27N3O5S/c1-10(16(21)22)7-6-8-19-17(18)20-26(23,24)15-11(2)9-14(25-5)12(3)13(15)4/h9-10H,6-8H2,1-5H3,(H,21,22)(H3,18,19,20)/t10-/m0/s1. The first-order valence-corrected chi connectivity index (χ1v) is 9.69. The Labute approximate surface area is 154 Å². The van der Waals surface area contributed by atoms with Crippen LogP contribution in [-0.2, 0) is 14.8 Å². The number of ether oxygens (including phenoxy) is 1. The third-order valence-electron chi connectivity index (χ3n) is 4.20. The second-order valence-electron chi connectivity index (χ2n) is 6.23. The molecule has 9 heteroatoms. The van der Waals surface area contributed by atoms with Gasteiger partial charge in [-0.15, -0.1) is 0 Å². The summed E-state index contributed by atoms with van der Waals surface area (Å²) in [4.78, 5) is 14.9. The van der Waals surface area contributed by atoms with Gasteiger partial charge in [-0.25, -0.2) is 13.1 Å². The second kappa shape index (κ2) is 8.88. The zero-order chi connectivity index (χ0) is 20.1. The van der Waals surface area contributed by atoms with Gasteiger partial charge in [0.2, 0.25) is 5.96 Å². The molecule has 1 aromatic carbocycles. The highest BCUT2D eigenvalue weighted by atomic mass is 32.2. The minimum atomic E-state index is -3.89. The van der Waals surface area contributed by atoms with Crippen molar-refractivity contribution in [1.82, 2.24) is 4.72 Å². The van der Waals surface area contributed by atoms with Crippen LogP contribution >= 0.6 is 0 Å². The van der Waals surface area contributed by atoms with Gasteiger partial charge in [0.1, 0.15) is 5.75 Å². The van der Waals surface area contributed by atoms with E-state index in [1.165, 1.54) is 7.11 Å². The fourth-order valence-corrected chi connectivity index (χ4v) is 4.07. The number of hydrogen-bond acceptors (Lipinski definition) is 5. The molecule has 0 aliphatic heterocycles. The highest BCUT2D eigenvalue weighted by Gasteiger charge is 2.23. The molecule has 0 aliphatic carbocycles. The average molecular weight is 385 g/mol. The van der Waals surface area contributed by atoms with E-state index in [4.69, 9.17) is 15.6 Å². The number of nitrogens with one attached hydrogen (secondary N) is 1. The molecule has 0 saturated carbocycles. The van der Waals surface area contributed by atoms with Crippen molar-refractivity contribution in [2.45, 2.75) is 45.4 Å². The van der Waals surface area contributed by atoms with Crippen LogP contribution in [0.4, 0.5) is 0 Å². The maximum Gasteiger partial charge on any atom is 0.306 e. The third-order valence-corrected chi connectivity index (χ3v) is 5.85. The van der Waals surface area contributed by atoms with Crippen LogP contribution in [0.25, 0.3) is 0 Å².